The van der Waals surface area contributed by atoms with E-state index in [1.165, 1.54) is 0 Å². The molecule has 5 nitrogen and oxygen atoms in total. The minimum Gasteiger partial charge on any atom is -0.361 e. The first-order valence-electron chi connectivity index (χ1n) is 8.47. The second kappa shape index (κ2) is 7.19. The molecule has 0 fully saturated rings. The van der Waals surface area contributed by atoms with Crippen LogP contribution >= 0.6 is 0 Å². The van der Waals surface area contributed by atoms with E-state index in [4.69, 9.17) is 0 Å². The number of pyridine rings is 2. The van der Waals surface area contributed by atoms with Crippen LogP contribution in [-0.4, -0.2) is 20.9 Å². The summed E-state index contributed by atoms with van der Waals surface area (Å²) in [6.45, 7) is 0.455. The maximum absolute atomic E-state index is 12.3. The largest absolute Gasteiger partial charge is 0.361 e. The van der Waals surface area contributed by atoms with Gasteiger partial charge in [0.1, 0.15) is 0 Å². The number of hydrogen-bond donors (Lipinski definition) is 2. The van der Waals surface area contributed by atoms with Gasteiger partial charge in [-0.2, -0.15) is 0 Å². The molecule has 5 heteroatoms. The van der Waals surface area contributed by atoms with Crippen molar-refractivity contribution in [2.75, 3.05) is 0 Å². The van der Waals surface area contributed by atoms with Gasteiger partial charge in [0.25, 0.3) is 0 Å². The minimum atomic E-state index is -0.0106. The fraction of sp³-hybridized carbons (Fsp3) is 0.0952. The van der Waals surface area contributed by atoms with Crippen molar-refractivity contribution in [3.05, 3.63) is 84.3 Å². The van der Waals surface area contributed by atoms with E-state index in [-0.39, 0.29) is 5.91 Å². The van der Waals surface area contributed by atoms with Crippen LogP contribution in [0.2, 0.25) is 0 Å². The number of benzene rings is 1. The van der Waals surface area contributed by atoms with Crippen LogP contribution in [0.5, 0.6) is 0 Å². The number of rotatable bonds is 5. The molecule has 0 atom stereocenters. The predicted molar refractivity (Wildman–Crippen MR) is 101 cm³/mol. The number of carbonyl (C=O) groups excluding carboxylic acids is 1. The molecule has 4 aromatic rings. The Morgan fingerprint density at radius 1 is 0.962 bits per heavy atom. The summed E-state index contributed by atoms with van der Waals surface area (Å²) < 4.78 is 0. The summed E-state index contributed by atoms with van der Waals surface area (Å²) in [7, 11) is 0. The van der Waals surface area contributed by atoms with Gasteiger partial charge in [-0.05, 0) is 35.4 Å². The van der Waals surface area contributed by atoms with E-state index >= 15 is 0 Å². The molecule has 3 heterocycles. The van der Waals surface area contributed by atoms with E-state index in [9.17, 15) is 4.79 Å². The third-order valence-electron chi connectivity index (χ3n) is 4.27. The van der Waals surface area contributed by atoms with Crippen molar-refractivity contribution in [1.29, 1.82) is 0 Å². The van der Waals surface area contributed by atoms with E-state index in [2.05, 4.69) is 20.3 Å². The fourth-order valence-electron chi connectivity index (χ4n) is 2.91. The molecule has 1 amide bonds. The smallest absolute Gasteiger partial charge is 0.224 e. The van der Waals surface area contributed by atoms with Gasteiger partial charge >= 0.3 is 0 Å². The highest BCUT2D eigenvalue weighted by atomic mass is 16.1. The molecule has 1 aromatic carbocycles. The molecular weight excluding hydrogens is 324 g/mol. The summed E-state index contributed by atoms with van der Waals surface area (Å²) in [5, 5.41) is 4.04. The molecule has 0 aliphatic rings. The average molecular weight is 342 g/mol. The van der Waals surface area contributed by atoms with E-state index in [1.807, 2.05) is 60.8 Å². The Morgan fingerprint density at radius 2 is 1.81 bits per heavy atom. The Morgan fingerprint density at radius 3 is 2.62 bits per heavy atom. The third-order valence-corrected chi connectivity index (χ3v) is 4.27. The summed E-state index contributed by atoms with van der Waals surface area (Å²) in [6.07, 6.45) is 5.77. The van der Waals surface area contributed by atoms with E-state index in [0.29, 0.717) is 13.0 Å². The lowest BCUT2D eigenvalue weighted by Gasteiger charge is -2.06. The van der Waals surface area contributed by atoms with Gasteiger partial charge in [0.05, 0.1) is 17.8 Å². The van der Waals surface area contributed by atoms with Gasteiger partial charge in [-0.1, -0.05) is 30.3 Å². The van der Waals surface area contributed by atoms with Gasteiger partial charge in [-0.15, -0.1) is 0 Å². The van der Waals surface area contributed by atoms with Crippen molar-refractivity contribution in [2.24, 2.45) is 0 Å². The number of amides is 1. The highest BCUT2D eigenvalue weighted by molar-refractivity contribution is 5.88. The predicted octanol–water partition coefficient (Wildman–Crippen LogP) is 3.48. The highest BCUT2D eigenvalue weighted by Gasteiger charge is 2.08. The van der Waals surface area contributed by atoms with Crippen molar-refractivity contribution in [1.82, 2.24) is 20.3 Å². The van der Waals surface area contributed by atoms with Gasteiger partial charge in [-0.3, -0.25) is 14.8 Å². The molecule has 0 saturated heterocycles. The molecule has 0 aliphatic carbocycles. The van der Waals surface area contributed by atoms with Crippen LogP contribution in [-0.2, 0) is 17.8 Å². The summed E-state index contributed by atoms with van der Waals surface area (Å²) in [6, 6.07) is 17.6. The monoisotopic (exact) mass is 342 g/mol. The molecule has 0 aliphatic heterocycles. The van der Waals surface area contributed by atoms with Crippen molar-refractivity contribution in [3.63, 3.8) is 0 Å². The fourth-order valence-corrected chi connectivity index (χ4v) is 2.91. The van der Waals surface area contributed by atoms with Gasteiger partial charge in [-0.25, -0.2) is 0 Å². The second-order valence-electron chi connectivity index (χ2n) is 6.08. The lowest BCUT2D eigenvalue weighted by molar-refractivity contribution is -0.120. The molecule has 0 saturated carbocycles. The molecule has 2 N–H and O–H groups in total. The summed E-state index contributed by atoms with van der Waals surface area (Å²) in [5.74, 6) is -0.0106. The number of nitrogens with one attached hydrogen (secondary N) is 2. The molecule has 128 valence electrons. The summed E-state index contributed by atoms with van der Waals surface area (Å²) >= 11 is 0. The Hall–Kier alpha value is -3.47. The first-order valence-corrected chi connectivity index (χ1v) is 8.47. The minimum absolute atomic E-state index is 0.0106. The van der Waals surface area contributed by atoms with E-state index < -0.39 is 0 Å². The number of H-pyrrole nitrogens is 1. The quantitative estimate of drug-likeness (QED) is 0.583. The van der Waals surface area contributed by atoms with Gasteiger partial charge in [0.15, 0.2) is 0 Å². The molecule has 0 unspecified atom stereocenters. The molecule has 0 radical (unpaired) electrons. The number of aromatic amines is 1. The maximum atomic E-state index is 12.3. The van der Waals surface area contributed by atoms with Crippen molar-refractivity contribution < 1.29 is 4.79 Å². The zero-order chi connectivity index (χ0) is 17.8. The average Bonchev–Trinajstić information content (AvgIpc) is 3.10. The summed E-state index contributed by atoms with van der Waals surface area (Å²) in [5.41, 5.74) is 4.66. The topological polar surface area (TPSA) is 70.7 Å². The third kappa shape index (κ3) is 3.47. The van der Waals surface area contributed by atoms with Crippen molar-refractivity contribution in [3.8, 4) is 11.4 Å². The first-order chi connectivity index (χ1) is 12.8. The van der Waals surface area contributed by atoms with Crippen LogP contribution in [0.25, 0.3) is 22.3 Å². The maximum Gasteiger partial charge on any atom is 0.224 e. The zero-order valence-corrected chi connectivity index (χ0v) is 14.1. The molecule has 3 aromatic heterocycles. The number of aromatic nitrogens is 3. The molecule has 0 bridgehead atoms. The van der Waals surface area contributed by atoms with Crippen LogP contribution in [0, 0.1) is 0 Å². The normalized spacial score (nSPS) is 10.8. The van der Waals surface area contributed by atoms with Crippen molar-refractivity contribution >= 4 is 16.8 Å². The van der Waals surface area contributed by atoms with Crippen LogP contribution in [0.15, 0.2) is 73.2 Å². The molecule has 26 heavy (non-hydrogen) atoms. The number of fused-ring (bicyclic) bond motifs is 1. The van der Waals surface area contributed by atoms with Crippen LogP contribution in [0.3, 0.4) is 0 Å². The molecule has 4 rings (SSSR count). The highest BCUT2D eigenvalue weighted by Crippen LogP contribution is 2.18. The standard InChI is InChI=1S/C21H18N4O/c26-21(11-16-14-24-18-6-2-1-5-17(16)18)25-13-15-8-9-20(23-12-15)19-7-3-4-10-22-19/h1-10,12,14,24H,11,13H2,(H,25,26). The van der Waals surface area contributed by atoms with Crippen LogP contribution < -0.4 is 5.32 Å². The Balaban J connectivity index is 1.37. The first kappa shape index (κ1) is 16.0. The van der Waals surface area contributed by atoms with Gasteiger partial charge in [0.2, 0.25) is 5.91 Å². The number of para-hydroxylation sites is 1. The summed E-state index contributed by atoms with van der Waals surface area (Å²) in [4.78, 5) is 24.2. The number of nitrogens with zero attached hydrogens (tertiary/aromatic N) is 2. The lowest BCUT2D eigenvalue weighted by Crippen LogP contribution is -2.24. The van der Waals surface area contributed by atoms with Crippen LogP contribution in [0.1, 0.15) is 11.1 Å². The molecular formula is C21H18N4O. The van der Waals surface area contributed by atoms with Crippen molar-refractivity contribution in [2.45, 2.75) is 13.0 Å². The second-order valence-corrected chi connectivity index (χ2v) is 6.08. The van der Waals surface area contributed by atoms with E-state index in [1.54, 1.807) is 12.4 Å². The molecule has 0 spiro atoms. The van der Waals surface area contributed by atoms with Gasteiger partial charge in [0, 0.05) is 36.0 Å². The Kier molecular flexibility index (Phi) is 4.43. The lowest BCUT2D eigenvalue weighted by atomic mass is 10.1. The zero-order valence-electron chi connectivity index (χ0n) is 14.1. The van der Waals surface area contributed by atoms with Crippen LogP contribution in [0.4, 0.5) is 0 Å². The van der Waals surface area contributed by atoms with Gasteiger partial charge < -0.3 is 10.3 Å². The Labute approximate surface area is 151 Å². The SMILES string of the molecule is O=C(Cc1c[nH]c2ccccc12)NCc1ccc(-c2ccccn2)nc1. The number of carbonyl (C=O) groups is 1. The number of hydrogen-bond acceptors (Lipinski definition) is 3. The Bertz CT molecular complexity index is 1020. The van der Waals surface area contributed by atoms with E-state index in [0.717, 1.165) is 33.4 Å².